The zero-order chi connectivity index (χ0) is 20.2. The van der Waals surface area contributed by atoms with E-state index in [-0.39, 0.29) is 11.5 Å². The van der Waals surface area contributed by atoms with Crippen molar-refractivity contribution in [3.8, 4) is 11.4 Å². The van der Waals surface area contributed by atoms with Gasteiger partial charge in [-0.25, -0.2) is 0 Å². The number of fused-ring (bicyclic) bond motifs is 1. The van der Waals surface area contributed by atoms with Crippen LogP contribution in [0.2, 0.25) is 0 Å². The van der Waals surface area contributed by atoms with Crippen molar-refractivity contribution in [3.63, 3.8) is 0 Å². The van der Waals surface area contributed by atoms with Crippen LogP contribution in [-0.2, 0) is 6.42 Å². The number of rotatable bonds is 6. The van der Waals surface area contributed by atoms with Crippen molar-refractivity contribution >= 4 is 11.6 Å². The molecule has 0 spiro atoms. The summed E-state index contributed by atoms with van der Waals surface area (Å²) in [6.07, 6.45) is 3.96. The zero-order valence-corrected chi connectivity index (χ0v) is 15.8. The molecule has 0 saturated heterocycles. The molecule has 4 aromatic rings. The monoisotopic (exact) mass is 389 g/mol. The maximum absolute atomic E-state index is 12.5. The lowest BCUT2D eigenvalue weighted by Gasteiger charge is -2.09. The molecular weight excluding hydrogens is 370 g/mol. The van der Waals surface area contributed by atoms with Gasteiger partial charge >= 0.3 is 0 Å². The molecule has 3 heterocycles. The molecule has 8 nitrogen and oxygen atoms in total. The summed E-state index contributed by atoms with van der Waals surface area (Å²) in [6.45, 7) is 0.399. The fraction of sp³-hybridized carbons (Fsp3) is 0.143. The fourth-order valence-electron chi connectivity index (χ4n) is 3.02. The number of hydrogen-bond acceptors (Lipinski definition) is 5. The van der Waals surface area contributed by atoms with Crippen LogP contribution in [0.5, 0.6) is 5.75 Å². The molecule has 0 aliphatic rings. The molecule has 0 saturated carbocycles. The molecule has 0 aliphatic heterocycles. The van der Waals surface area contributed by atoms with Gasteiger partial charge in [0.2, 0.25) is 0 Å². The Labute approximate surface area is 166 Å². The molecule has 0 aliphatic carbocycles. The van der Waals surface area contributed by atoms with E-state index in [1.54, 1.807) is 31.4 Å². The highest BCUT2D eigenvalue weighted by Gasteiger charge is 2.10. The van der Waals surface area contributed by atoms with Crippen LogP contribution in [-0.4, -0.2) is 38.7 Å². The van der Waals surface area contributed by atoms with Gasteiger partial charge in [-0.2, -0.15) is 0 Å². The van der Waals surface area contributed by atoms with Gasteiger partial charge in [-0.15, -0.1) is 10.2 Å². The Bertz CT molecular complexity index is 1210. The summed E-state index contributed by atoms with van der Waals surface area (Å²) in [7, 11) is 1.58. The van der Waals surface area contributed by atoms with Crippen molar-refractivity contribution in [2.75, 3.05) is 13.7 Å². The average Bonchev–Trinajstić information content (AvgIpc) is 3.17. The Morgan fingerprint density at radius 1 is 1.07 bits per heavy atom. The number of methoxy groups -OCH3 is 1. The van der Waals surface area contributed by atoms with Gasteiger partial charge in [-0.1, -0.05) is 6.07 Å². The van der Waals surface area contributed by atoms with Crippen molar-refractivity contribution in [1.82, 2.24) is 24.5 Å². The zero-order valence-electron chi connectivity index (χ0n) is 15.8. The number of carbonyl (C=O) groups is 1. The van der Waals surface area contributed by atoms with Gasteiger partial charge in [0.25, 0.3) is 11.5 Å². The second-order valence-corrected chi connectivity index (χ2v) is 6.38. The number of carbonyl (C=O) groups excluding carboxylic acids is 1. The predicted molar refractivity (Wildman–Crippen MR) is 108 cm³/mol. The maximum atomic E-state index is 12.5. The minimum atomic E-state index is -0.263. The van der Waals surface area contributed by atoms with Gasteiger partial charge in [-0.3, -0.25) is 18.6 Å². The summed E-state index contributed by atoms with van der Waals surface area (Å²) in [4.78, 5) is 24.8. The first-order valence-electron chi connectivity index (χ1n) is 9.10. The lowest BCUT2D eigenvalue weighted by atomic mass is 10.2. The first-order valence-corrected chi connectivity index (χ1v) is 9.10. The lowest BCUT2D eigenvalue weighted by Crippen LogP contribution is -2.28. The Morgan fingerprint density at radius 2 is 1.90 bits per heavy atom. The molecule has 1 N–H and O–H groups in total. The Kier molecular flexibility index (Phi) is 5.07. The van der Waals surface area contributed by atoms with Crippen LogP contribution in [0, 0.1) is 0 Å². The van der Waals surface area contributed by atoms with E-state index >= 15 is 0 Å². The summed E-state index contributed by atoms with van der Waals surface area (Å²) in [6, 6.07) is 15.6. The van der Waals surface area contributed by atoms with Gasteiger partial charge in [0.05, 0.1) is 12.7 Å². The number of hydrogen-bond donors (Lipinski definition) is 1. The van der Waals surface area contributed by atoms with Crippen LogP contribution in [0.3, 0.4) is 0 Å². The van der Waals surface area contributed by atoms with E-state index in [1.165, 1.54) is 22.9 Å². The van der Waals surface area contributed by atoms with Crippen molar-refractivity contribution in [2.24, 2.45) is 0 Å². The van der Waals surface area contributed by atoms with Crippen LogP contribution in [0.1, 0.15) is 16.2 Å². The number of amides is 1. The van der Waals surface area contributed by atoms with Gasteiger partial charge < -0.3 is 10.1 Å². The molecule has 0 radical (unpaired) electrons. The third-order valence-corrected chi connectivity index (χ3v) is 4.54. The normalized spacial score (nSPS) is 10.8. The largest absolute Gasteiger partial charge is 0.497 e. The molecule has 0 atom stereocenters. The molecule has 29 heavy (non-hydrogen) atoms. The predicted octanol–water partition coefficient (Wildman–Crippen LogP) is 1.86. The lowest BCUT2D eigenvalue weighted by molar-refractivity contribution is 0.0953. The van der Waals surface area contributed by atoms with Gasteiger partial charge in [0.1, 0.15) is 11.6 Å². The summed E-state index contributed by atoms with van der Waals surface area (Å²) in [5, 5.41) is 11.1. The minimum Gasteiger partial charge on any atom is -0.497 e. The quantitative estimate of drug-likeness (QED) is 0.544. The molecule has 0 unspecified atom stereocenters. The van der Waals surface area contributed by atoms with Gasteiger partial charge in [0, 0.05) is 37.1 Å². The number of nitrogens with one attached hydrogen (secondary N) is 1. The number of ether oxygens (including phenoxy) is 1. The van der Waals surface area contributed by atoms with Crippen LogP contribution in [0.4, 0.5) is 0 Å². The van der Waals surface area contributed by atoms with E-state index in [2.05, 4.69) is 15.5 Å². The number of aromatic nitrogens is 4. The second kappa shape index (κ2) is 7.97. The number of nitrogens with zero attached hydrogens (tertiary/aromatic N) is 4. The molecule has 0 bridgehead atoms. The molecule has 3 aromatic heterocycles. The topological polar surface area (TPSA) is 90.5 Å². The molecule has 1 aromatic carbocycles. The van der Waals surface area contributed by atoms with Crippen LogP contribution in [0.25, 0.3) is 11.3 Å². The highest BCUT2D eigenvalue weighted by Crippen LogP contribution is 2.14. The van der Waals surface area contributed by atoms with E-state index < -0.39 is 0 Å². The van der Waals surface area contributed by atoms with E-state index in [4.69, 9.17) is 4.74 Å². The first kappa shape index (κ1) is 18.4. The van der Waals surface area contributed by atoms with Crippen molar-refractivity contribution in [2.45, 2.75) is 6.42 Å². The van der Waals surface area contributed by atoms with Gasteiger partial charge in [0.15, 0.2) is 5.65 Å². The fourth-order valence-corrected chi connectivity index (χ4v) is 3.02. The molecular formula is C21H19N5O3. The third-order valence-electron chi connectivity index (χ3n) is 4.54. The smallest absolute Gasteiger partial charge is 0.255 e. The molecule has 146 valence electrons. The molecule has 8 heteroatoms. The molecule has 4 rings (SSSR count). The summed E-state index contributed by atoms with van der Waals surface area (Å²) in [5.74, 6) is 1.20. The second-order valence-electron chi connectivity index (χ2n) is 6.38. The third kappa shape index (κ3) is 3.86. The summed E-state index contributed by atoms with van der Waals surface area (Å²) < 4.78 is 8.45. The van der Waals surface area contributed by atoms with Gasteiger partial charge in [-0.05, 0) is 42.5 Å². The Morgan fingerprint density at radius 3 is 2.69 bits per heavy atom. The number of pyridine rings is 2. The van der Waals surface area contributed by atoms with E-state index in [0.29, 0.717) is 30.0 Å². The van der Waals surface area contributed by atoms with Crippen molar-refractivity contribution in [3.05, 3.63) is 88.7 Å². The Hall–Kier alpha value is -3.94. The van der Waals surface area contributed by atoms with Crippen molar-refractivity contribution in [1.29, 1.82) is 0 Å². The maximum Gasteiger partial charge on any atom is 0.255 e. The Balaban J connectivity index is 1.46. The van der Waals surface area contributed by atoms with Crippen LogP contribution < -0.4 is 15.6 Å². The van der Waals surface area contributed by atoms with Crippen molar-refractivity contribution < 1.29 is 9.53 Å². The standard InChI is InChI=1S/C21H19N5O3/c1-29-17-8-6-16(7-9-17)26-14-15(5-10-20(26)27)21(28)22-12-11-19-24-23-18-4-2-3-13-25(18)19/h2-10,13-14H,11-12H2,1H3,(H,22,28). The van der Waals surface area contributed by atoms with E-state index in [9.17, 15) is 9.59 Å². The molecule has 0 fully saturated rings. The van der Waals surface area contributed by atoms with Crippen LogP contribution >= 0.6 is 0 Å². The highest BCUT2D eigenvalue weighted by molar-refractivity contribution is 5.93. The molecule has 1 amide bonds. The SMILES string of the molecule is COc1ccc(-n2cc(C(=O)NCCc3nnc4ccccn34)ccc2=O)cc1. The first-order chi connectivity index (χ1) is 14.2. The average molecular weight is 389 g/mol. The highest BCUT2D eigenvalue weighted by atomic mass is 16.5. The van der Waals surface area contributed by atoms with E-state index in [1.807, 2.05) is 28.8 Å². The number of benzene rings is 1. The van der Waals surface area contributed by atoms with E-state index in [0.717, 1.165) is 11.5 Å². The summed E-state index contributed by atoms with van der Waals surface area (Å²) in [5.41, 5.74) is 1.59. The minimum absolute atomic E-state index is 0.221. The summed E-state index contributed by atoms with van der Waals surface area (Å²) >= 11 is 0. The van der Waals surface area contributed by atoms with Crippen LogP contribution in [0.15, 0.2) is 71.8 Å².